The Morgan fingerprint density at radius 2 is 1.47 bits per heavy atom. The Morgan fingerprint density at radius 3 is 2.22 bits per heavy atom. The van der Waals surface area contributed by atoms with Crippen LogP contribution < -0.4 is 4.40 Å². The van der Waals surface area contributed by atoms with Crippen LogP contribution in [-0.4, -0.2) is 32.8 Å². The maximum absolute atomic E-state index is 6.23. The maximum Gasteiger partial charge on any atom is 0 e. The van der Waals surface area contributed by atoms with Crippen molar-refractivity contribution >= 4 is 50.6 Å². The van der Waals surface area contributed by atoms with E-state index in [1.165, 1.54) is 32.1 Å². The molecule has 0 amide bonds. The number of furan rings is 1. The topological polar surface area (TPSA) is 56.7 Å². The molecule has 0 aliphatic heterocycles. The van der Waals surface area contributed by atoms with Gasteiger partial charge in [-0.2, -0.15) is 0 Å². The van der Waals surface area contributed by atoms with E-state index >= 15 is 0 Å². The number of hydrogen-bond donors (Lipinski definition) is 0. The fourth-order valence-electron chi connectivity index (χ4n) is 11.8. The second-order valence-corrected chi connectivity index (χ2v) is 30.2. The van der Waals surface area contributed by atoms with Crippen molar-refractivity contribution in [2.75, 3.05) is 0 Å². The minimum absolute atomic E-state index is 0. The van der Waals surface area contributed by atoms with Gasteiger partial charge < -0.3 is 8.98 Å². The summed E-state index contributed by atoms with van der Waals surface area (Å²) in [6.45, 7) is 4.13. The number of pyridine rings is 2. The summed E-state index contributed by atoms with van der Waals surface area (Å²) in [5.41, 5.74) is 13.6. The first-order valence-electron chi connectivity index (χ1n) is 23.0. The number of hydrogen-bond acceptors (Lipinski definition) is 4. The van der Waals surface area contributed by atoms with Gasteiger partial charge in [0.05, 0.1) is 28.1 Å². The molecule has 9 aromatic rings. The van der Waals surface area contributed by atoms with Gasteiger partial charge in [-0.1, -0.05) is 85.1 Å². The molecule has 4 saturated carbocycles. The Labute approximate surface area is 393 Å². The van der Waals surface area contributed by atoms with Gasteiger partial charge >= 0.3 is 167 Å². The van der Waals surface area contributed by atoms with Gasteiger partial charge in [0.15, 0.2) is 0 Å². The second kappa shape index (κ2) is 17.3. The fraction of sp³-hybridized carbons (Fsp3) is 0.281. The van der Waals surface area contributed by atoms with Crippen molar-refractivity contribution in [2.24, 2.45) is 29.6 Å². The summed E-state index contributed by atoms with van der Waals surface area (Å²) in [5.74, 6) is 13.4. The number of rotatable bonds is 7. The summed E-state index contributed by atoms with van der Waals surface area (Å²) < 4.78 is 10.1. The normalized spacial score (nSPS) is 20.0. The predicted octanol–water partition coefficient (Wildman–Crippen LogP) is 13.8. The molecular weight excluding hydrogens is 1020 g/mol. The van der Waals surface area contributed by atoms with E-state index in [0.717, 1.165) is 113 Å². The van der Waals surface area contributed by atoms with E-state index in [0.29, 0.717) is 0 Å². The summed E-state index contributed by atoms with van der Waals surface area (Å²) in [4.78, 5) is 14.5. The van der Waals surface area contributed by atoms with Crippen molar-refractivity contribution in [1.82, 2.24) is 19.5 Å². The smallest absolute Gasteiger partial charge is 0 e. The first-order valence-corrected chi connectivity index (χ1v) is 30.3. The Balaban J connectivity index is 0.000000155. The maximum atomic E-state index is 6.23. The van der Waals surface area contributed by atoms with Gasteiger partial charge in [-0.25, -0.2) is 0 Å². The molecule has 5 nitrogen and oxygen atoms in total. The van der Waals surface area contributed by atoms with Crippen molar-refractivity contribution in [3.63, 3.8) is 0 Å². The molecule has 0 saturated heterocycles. The summed E-state index contributed by atoms with van der Waals surface area (Å²) in [6, 6.07) is 48.9. The third kappa shape index (κ3) is 7.90. The molecule has 64 heavy (non-hydrogen) atoms. The van der Waals surface area contributed by atoms with Crippen LogP contribution in [-0.2, 0) is 26.5 Å². The molecule has 4 heterocycles. The third-order valence-electron chi connectivity index (χ3n) is 14.5. The van der Waals surface area contributed by atoms with Crippen LogP contribution in [0.3, 0.4) is 0 Å². The number of imidazole rings is 1. The molecule has 4 aliphatic carbocycles. The van der Waals surface area contributed by atoms with Gasteiger partial charge in [0.25, 0.3) is 0 Å². The number of fused-ring (bicyclic) bond motifs is 4. The molecular formula is C57H54GeIrN4O-2. The molecule has 13 rings (SSSR count). The minimum Gasteiger partial charge on any atom is 0 e. The van der Waals surface area contributed by atoms with Crippen molar-refractivity contribution < 1.29 is 24.5 Å². The van der Waals surface area contributed by atoms with Crippen molar-refractivity contribution in [1.29, 1.82) is 0 Å². The Hall–Kier alpha value is -5.14. The molecule has 0 spiro atoms. The summed E-state index contributed by atoms with van der Waals surface area (Å²) in [7, 11) is 0. The summed E-state index contributed by atoms with van der Waals surface area (Å²) in [6.07, 6.45) is 13.0. The van der Waals surface area contributed by atoms with Crippen molar-refractivity contribution in [3.8, 4) is 39.5 Å². The first kappa shape index (κ1) is 42.8. The van der Waals surface area contributed by atoms with Crippen LogP contribution in [0, 0.1) is 55.6 Å². The molecule has 4 bridgehead atoms. The fourth-order valence-corrected chi connectivity index (χ4v) is 15.2. The largest absolute Gasteiger partial charge is 0 e. The molecule has 5 aromatic carbocycles. The Bertz CT molecular complexity index is 3100. The molecule has 7 heteroatoms. The first-order chi connectivity index (χ1) is 30.7. The predicted molar refractivity (Wildman–Crippen MR) is 261 cm³/mol. The van der Waals surface area contributed by atoms with Crippen LogP contribution in [0.5, 0.6) is 0 Å². The van der Waals surface area contributed by atoms with E-state index in [-0.39, 0.29) is 20.1 Å². The molecule has 4 fully saturated rings. The third-order valence-corrected chi connectivity index (χ3v) is 18.8. The van der Waals surface area contributed by atoms with Crippen molar-refractivity contribution in [2.45, 2.75) is 69.6 Å². The standard InChI is InChI=1S/C32H22N3O.C25H32GeN.Ir/c1-20-18-23(19-29-30(20)25-13-7-9-15-28(25)36-29)32-34-31-21(2)33-17-16-27(31)35(32)26-14-8-6-12-24(26)22-10-4-3-5-11-22;1-26(2,3)24-16-27-25(19-7-5-4-6-8-19)15-22(24)14-23-20-10-17-9-18(12-20)13-21(23)11-17;/h3-18H,1-2H3;4-7,15-18,20-21,23H,9-14H2,1-3H3;/q2*-1;. The van der Waals surface area contributed by atoms with Gasteiger partial charge in [-0.05, 0) is 36.1 Å². The van der Waals surface area contributed by atoms with Gasteiger partial charge in [-0.15, -0.1) is 17.2 Å². The minimum atomic E-state index is -1.94. The van der Waals surface area contributed by atoms with Gasteiger partial charge in [0.1, 0.15) is 5.58 Å². The van der Waals surface area contributed by atoms with Crippen molar-refractivity contribution in [3.05, 3.63) is 163 Å². The van der Waals surface area contributed by atoms with Crippen LogP contribution in [0.4, 0.5) is 0 Å². The zero-order valence-corrected chi connectivity index (χ0v) is 41.9. The molecule has 0 unspecified atom stereocenters. The SMILES string of the molecule is Cc1nccc2c1nc(-c1[c-]c3oc4ccccc4c3c(C)c1)n2-c1ccccc1-c1ccccc1.[CH3][Ge]([CH3])([CH3])[c]1cnc(-c2[c-]cccc2)cc1CC1C2CC3CC(C2)CC1C3.[Ir]. The Morgan fingerprint density at radius 1 is 0.750 bits per heavy atom. The number of benzene rings is 5. The van der Waals surface area contributed by atoms with Crippen LogP contribution in [0.1, 0.15) is 48.9 Å². The summed E-state index contributed by atoms with van der Waals surface area (Å²) in [5, 5.41) is 2.20. The van der Waals surface area contributed by atoms with Crippen LogP contribution in [0.15, 0.2) is 138 Å². The van der Waals surface area contributed by atoms with Gasteiger partial charge in [0.2, 0.25) is 0 Å². The zero-order valence-electron chi connectivity index (χ0n) is 37.4. The van der Waals surface area contributed by atoms with E-state index in [4.69, 9.17) is 14.4 Å². The number of aryl methyl sites for hydroxylation is 2. The average Bonchev–Trinajstić information content (AvgIpc) is 3.88. The van der Waals surface area contributed by atoms with Gasteiger partial charge in [0, 0.05) is 37.6 Å². The zero-order chi connectivity index (χ0) is 42.8. The number of para-hydroxylation sites is 2. The van der Waals surface area contributed by atoms with Crippen LogP contribution in [0.2, 0.25) is 17.3 Å². The monoisotopic (exact) mass is 1080 g/mol. The quantitative estimate of drug-likeness (QED) is 0.118. The number of aromatic nitrogens is 4. The van der Waals surface area contributed by atoms with Crippen LogP contribution in [0.25, 0.3) is 72.4 Å². The molecule has 1 radical (unpaired) electrons. The van der Waals surface area contributed by atoms with E-state index in [1.807, 2.05) is 55.6 Å². The van der Waals surface area contributed by atoms with Gasteiger partial charge in [-0.3, -0.25) is 9.97 Å². The summed E-state index contributed by atoms with van der Waals surface area (Å²) >= 11 is -1.94. The Kier molecular flexibility index (Phi) is 11.6. The second-order valence-electron chi connectivity index (χ2n) is 19.6. The van der Waals surface area contributed by atoms with E-state index < -0.39 is 13.3 Å². The molecule has 4 aliphatic rings. The van der Waals surface area contributed by atoms with E-state index in [9.17, 15) is 0 Å². The molecule has 4 aromatic heterocycles. The molecule has 323 valence electrons. The number of nitrogens with zero attached hydrogens (tertiary/aromatic N) is 4. The molecule has 0 N–H and O–H groups in total. The molecule has 0 atom stereocenters. The van der Waals surface area contributed by atoms with E-state index in [1.54, 1.807) is 16.4 Å². The van der Waals surface area contributed by atoms with Crippen LogP contribution >= 0.6 is 0 Å². The van der Waals surface area contributed by atoms with E-state index in [2.05, 4.69) is 131 Å². The average molecular weight is 1080 g/mol.